The molecule has 0 amide bonds. The Bertz CT molecular complexity index is 191. The van der Waals surface area contributed by atoms with Gasteiger partial charge in [-0.2, -0.15) is 0 Å². The van der Waals surface area contributed by atoms with Crippen molar-refractivity contribution in [3.63, 3.8) is 0 Å². The third-order valence-electron chi connectivity index (χ3n) is 2.33. The normalized spacial score (nSPS) is 31.2. The minimum Gasteiger partial charge on any atom is -0.379 e. The van der Waals surface area contributed by atoms with Crippen LogP contribution in [0.1, 0.15) is 0 Å². The fourth-order valence-electron chi connectivity index (χ4n) is 1.32. The summed E-state index contributed by atoms with van der Waals surface area (Å²) in [6.07, 6.45) is 2.37. The van der Waals surface area contributed by atoms with Crippen molar-refractivity contribution in [2.45, 2.75) is 0 Å². The predicted octanol–water partition coefficient (Wildman–Crippen LogP) is -0.737. The molecule has 3 aliphatic rings. The van der Waals surface area contributed by atoms with Gasteiger partial charge in [0.1, 0.15) is 7.26 Å². The van der Waals surface area contributed by atoms with Crippen LogP contribution >= 0.6 is 7.26 Å². The molecular weight excluding hydrogens is 283 g/mol. The maximum Gasteiger partial charge on any atom is 0.492 e. The van der Waals surface area contributed by atoms with Gasteiger partial charge >= 0.3 is 19.1 Å². The van der Waals surface area contributed by atoms with E-state index in [4.69, 9.17) is 31.7 Å². The highest BCUT2D eigenvalue weighted by atomic mass is 31.2. The van der Waals surface area contributed by atoms with E-state index >= 15 is 0 Å². The maximum atomic E-state index is 8.99. The van der Waals surface area contributed by atoms with Crippen molar-refractivity contribution in [2.24, 2.45) is 0 Å². The second kappa shape index (κ2) is 7.90. The zero-order chi connectivity index (χ0) is 12.7. The molecule has 0 atom stereocenters. The number of fused-ring (bicyclic) bond motifs is 3. The lowest BCUT2D eigenvalue weighted by molar-refractivity contribution is 0.0941. The first kappa shape index (κ1) is 15.6. The Morgan fingerprint density at radius 2 is 1.47 bits per heavy atom. The summed E-state index contributed by atoms with van der Waals surface area (Å²) in [5.74, 6) is 0. The molecule has 0 unspecified atom stereocenters. The topological polar surface area (TPSA) is 75.6 Å². The minimum atomic E-state index is -1.68. The highest BCUT2D eigenvalue weighted by molar-refractivity contribution is 7.75. The standard InChI is InChI=1S/C4H10O4PSi.C3H10O3Si/c5-1-9-2-6-10(7-3-9)8-4-9;1-4-7(5-2)6-3/h5,10H,1-4H2;7H,1-3H3/q+1;. The van der Waals surface area contributed by atoms with Crippen molar-refractivity contribution in [3.8, 4) is 0 Å². The molecule has 0 aromatic carbocycles. The second-order valence-corrected chi connectivity index (χ2v) is 11.0. The maximum absolute atomic E-state index is 8.99. The molecule has 7 nitrogen and oxygen atoms in total. The van der Waals surface area contributed by atoms with Gasteiger partial charge in [0.25, 0.3) is 0 Å². The molecule has 0 spiro atoms. The molecule has 10 heteroatoms. The molecule has 3 aliphatic heterocycles. The molecule has 3 saturated heterocycles. The van der Waals surface area contributed by atoms with Crippen LogP contribution < -0.4 is 0 Å². The lowest BCUT2D eigenvalue weighted by Gasteiger charge is -2.37. The average molecular weight is 303 g/mol. The summed E-state index contributed by atoms with van der Waals surface area (Å²) >= 11 is 0. The van der Waals surface area contributed by atoms with E-state index in [1.54, 1.807) is 21.3 Å². The van der Waals surface area contributed by atoms with Gasteiger partial charge in [-0.25, -0.2) is 0 Å². The van der Waals surface area contributed by atoms with Gasteiger partial charge in [-0.15, -0.1) is 0 Å². The van der Waals surface area contributed by atoms with Crippen molar-refractivity contribution in [1.29, 1.82) is 0 Å². The van der Waals surface area contributed by atoms with Gasteiger partial charge in [0, 0.05) is 21.3 Å². The molecule has 0 radical (unpaired) electrons. The highest BCUT2D eigenvalue weighted by Crippen LogP contribution is 2.62. The van der Waals surface area contributed by atoms with Gasteiger partial charge in [-0.3, -0.25) is 0 Å². The van der Waals surface area contributed by atoms with Crippen LogP contribution in [-0.4, -0.2) is 70.9 Å². The summed E-state index contributed by atoms with van der Waals surface area (Å²) in [5.41, 5.74) is 0. The van der Waals surface area contributed by atoms with Crippen molar-refractivity contribution in [2.75, 3.05) is 46.7 Å². The number of aliphatic hydroxyl groups is 1. The van der Waals surface area contributed by atoms with Crippen molar-refractivity contribution < 1.29 is 31.7 Å². The molecule has 17 heavy (non-hydrogen) atoms. The molecule has 0 saturated carbocycles. The van der Waals surface area contributed by atoms with Gasteiger partial charge in [-0.05, 0) is 0 Å². The van der Waals surface area contributed by atoms with Gasteiger partial charge in [-0.1, -0.05) is 0 Å². The Labute approximate surface area is 105 Å². The van der Waals surface area contributed by atoms with E-state index in [0.717, 1.165) is 19.0 Å². The van der Waals surface area contributed by atoms with Crippen LogP contribution in [0, 0.1) is 0 Å². The summed E-state index contributed by atoms with van der Waals surface area (Å²) in [6.45, 7) is 0. The van der Waals surface area contributed by atoms with Crippen LogP contribution in [-0.2, 0) is 26.6 Å². The van der Waals surface area contributed by atoms with Gasteiger partial charge < -0.3 is 31.7 Å². The SMILES string of the molecule is CO[SiH](OC)OC.OC[P+]12CO[SiH](OC1)OC2. The van der Waals surface area contributed by atoms with E-state index in [1.165, 1.54) is 0 Å². The third kappa shape index (κ3) is 4.64. The monoisotopic (exact) mass is 303 g/mol. The third-order valence-corrected chi connectivity index (χ3v) is 8.33. The molecule has 3 fully saturated rings. The van der Waals surface area contributed by atoms with Crippen molar-refractivity contribution >= 4 is 26.3 Å². The zero-order valence-electron chi connectivity index (χ0n) is 10.3. The lowest BCUT2D eigenvalue weighted by atomic mass is 11.6. The van der Waals surface area contributed by atoms with E-state index in [0.29, 0.717) is 0 Å². The fraction of sp³-hybridized carbons (Fsp3) is 1.00. The van der Waals surface area contributed by atoms with Crippen LogP contribution in [0.2, 0.25) is 0 Å². The zero-order valence-corrected chi connectivity index (χ0v) is 13.5. The number of rotatable bonds is 4. The summed E-state index contributed by atoms with van der Waals surface area (Å²) in [5, 5.41) is 8.99. The van der Waals surface area contributed by atoms with Crippen LogP contribution in [0.3, 0.4) is 0 Å². The van der Waals surface area contributed by atoms with Crippen LogP contribution in [0.25, 0.3) is 0 Å². The summed E-state index contributed by atoms with van der Waals surface area (Å²) in [6, 6.07) is 0. The molecule has 0 aromatic rings. The largest absolute Gasteiger partial charge is 0.492 e. The van der Waals surface area contributed by atoms with E-state index in [2.05, 4.69) is 0 Å². The Balaban J connectivity index is 0.000000185. The molecule has 2 bridgehead atoms. The second-order valence-electron chi connectivity index (χ2n) is 3.65. The molecular formula is C7H20O7PSi2+. The molecule has 0 aliphatic carbocycles. The van der Waals surface area contributed by atoms with E-state index in [9.17, 15) is 0 Å². The number of hydrogen-bond donors (Lipinski definition) is 1. The van der Waals surface area contributed by atoms with Crippen LogP contribution in [0.4, 0.5) is 0 Å². The van der Waals surface area contributed by atoms with E-state index in [1.807, 2.05) is 0 Å². The molecule has 0 aromatic heterocycles. The van der Waals surface area contributed by atoms with Gasteiger partial charge in [0.05, 0.1) is 0 Å². The van der Waals surface area contributed by atoms with Gasteiger partial charge in [0.2, 0.25) is 0 Å². The van der Waals surface area contributed by atoms with E-state index < -0.39 is 26.3 Å². The lowest BCUT2D eigenvalue weighted by Crippen LogP contribution is -2.43. The minimum absolute atomic E-state index is 0.203. The first-order valence-corrected chi connectivity index (χ1v) is 10.4. The average Bonchev–Trinajstić information content (AvgIpc) is 2.44. The molecule has 3 rings (SSSR count). The molecule has 1 N–H and O–H groups in total. The Kier molecular flexibility index (Phi) is 7.27. The number of aliphatic hydroxyl groups excluding tert-OH is 1. The predicted molar refractivity (Wildman–Crippen MR) is 67.2 cm³/mol. The van der Waals surface area contributed by atoms with Crippen LogP contribution in [0.5, 0.6) is 0 Å². The quantitative estimate of drug-likeness (QED) is 0.542. The molecule has 102 valence electrons. The fourth-order valence-corrected chi connectivity index (χ4v) is 7.91. The van der Waals surface area contributed by atoms with Crippen molar-refractivity contribution in [3.05, 3.63) is 0 Å². The highest BCUT2D eigenvalue weighted by Gasteiger charge is 2.50. The Morgan fingerprint density at radius 1 is 1.06 bits per heavy atom. The first-order chi connectivity index (χ1) is 8.19. The van der Waals surface area contributed by atoms with Crippen molar-refractivity contribution in [1.82, 2.24) is 0 Å². The summed E-state index contributed by atoms with van der Waals surface area (Å²) in [4.78, 5) is 0. The van der Waals surface area contributed by atoms with Gasteiger partial charge in [0.15, 0.2) is 25.4 Å². The summed E-state index contributed by atoms with van der Waals surface area (Å²) in [7, 11) is 0.00583. The first-order valence-electron chi connectivity index (χ1n) is 5.09. The Hall–Kier alpha value is 0.584. The van der Waals surface area contributed by atoms with E-state index in [-0.39, 0.29) is 6.35 Å². The summed E-state index contributed by atoms with van der Waals surface area (Å²) < 4.78 is 30.0. The number of hydrogen-bond acceptors (Lipinski definition) is 7. The van der Waals surface area contributed by atoms with Crippen LogP contribution in [0.15, 0.2) is 0 Å². The Morgan fingerprint density at radius 3 is 1.65 bits per heavy atom. The molecule has 3 heterocycles. The smallest absolute Gasteiger partial charge is 0.379 e.